The first kappa shape index (κ1) is 19.7. The molecule has 28 heavy (non-hydrogen) atoms. The number of methoxy groups -OCH3 is 2. The molecule has 0 saturated carbocycles. The molecule has 3 rings (SSSR count). The molecule has 0 spiro atoms. The number of carbonyl (C=O) groups is 2. The van der Waals surface area contributed by atoms with Gasteiger partial charge < -0.3 is 19.7 Å². The highest BCUT2D eigenvalue weighted by Crippen LogP contribution is 2.25. The van der Waals surface area contributed by atoms with Gasteiger partial charge in [-0.1, -0.05) is 18.2 Å². The number of benzene rings is 2. The second kappa shape index (κ2) is 9.23. The average molecular weight is 383 g/mol. The van der Waals surface area contributed by atoms with Crippen molar-refractivity contribution in [1.82, 2.24) is 9.80 Å². The van der Waals surface area contributed by atoms with Crippen molar-refractivity contribution in [2.75, 3.05) is 52.3 Å². The molecule has 2 amide bonds. The van der Waals surface area contributed by atoms with Gasteiger partial charge in [-0.05, 0) is 12.1 Å². The number of ether oxygens (including phenoxy) is 2. The number of amides is 2. The molecule has 7 nitrogen and oxygen atoms in total. The van der Waals surface area contributed by atoms with Crippen molar-refractivity contribution in [2.45, 2.75) is 0 Å². The zero-order chi connectivity index (χ0) is 19.9. The van der Waals surface area contributed by atoms with E-state index in [1.54, 1.807) is 32.4 Å². The second-order valence-corrected chi connectivity index (χ2v) is 6.58. The van der Waals surface area contributed by atoms with Crippen LogP contribution in [0.2, 0.25) is 0 Å². The van der Waals surface area contributed by atoms with Crippen molar-refractivity contribution in [3.63, 3.8) is 0 Å². The predicted molar refractivity (Wildman–Crippen MR) is 107 cm³/mol. The van der Waals surface area contributed by atoms with Crippen LogP contribution in [0, 0.1) is 0 Å². The Labute approximate surface area is 164 Å². The van der Waals surface area contributed by atoms with E-state index >= 15 is 0 Å². The third-order valence-corrected chi connectivity index (χ3v) is 4.68. The maximum atomic E-state index is 12.5. The van der Waals surface area contributed by atoms with E-state index < -0.39 is 0 Å². The maximum Gasteiger partial charge on any atom is 0.253 e. The summed E-state index contributed by atoms with van der Waals surface area (Å²) < 4.78 is 10.4. The molecule has 1 aliphatic rings. The molecule has 1 aliphatic heterocycles. The van der Waals surface area contributed by atoms with Crippen molar-refractivity contribution in [3.05, 3.63) is 54.1 Å². The van der Waals surface area contributed by atoms with Crippen molar-refractivity contribution >= 4 is 17.5 Å². The minimum absolute atomic E-state index is 0.0353. The normalized spacial score (nSPS) is 14.4. The van der Waals surface area contributed by atoms with Gasteiger partial charge in [-0.15, -0.1) is 0 Å². The van der Waals surface area contributed by atoms with E-state index in [-0.39, 0.29) is 18.4 Å². The van der Waals surface area contributed by atoms with Crippen LogP contribution in [0.4, 0.5) is 5.69 Å². The van der Waals surface area contributed by atoms with Gasteiger partial charge in [0.05, 0.1) is 20.8 Å². The Morgan fingerprint density at radius 2 is 1.54 bits per heavy atom. The molecular weight excluding hydrogens is 358 g/mol. The van der Waals surface area contributed by atoms with E-state index in [9.17, 15) is 9.59 Å². The summed E-state index contributed by atoms with van der Waals surface area (Å²) in [5.74, 6) is 1.15. The number of carbonyl (C=O) groups excluding carboxylic acids is 2. The smallest absolute Gasteiger partial charge is 0.253 e. The van der Waals surface area contributed by atoms with E-state index in [1.807, 2.05) is 40.1 Å². The van der Waals surface area contributed by atoms with Crippen LogP contribution in [-0.2, 0) is 4.79 Å². The van der Waals surface area contributed by atoms with E-state index in [1.165, 1.54) is 0 Å². The quantitative estimate of drug-likeness (QED) is 0.827. The molecule has 0 unspecified atom stereocenters. The summed E-state index contributed by atoms with van der Waals surface area (Å²) in [6.07, 6.45) is 0. The molecule has 1 N–H and O–H groups in total. The van der Waals surface area contributed by atoms with Crippen LogP contribution in [0.1, 0.15) is 10.4 Å². The van der Waals surface area contributed by atoms with Crippen LogP contribution in [0.15, 0.2) is 48.5 Å². The molecule has 2 aromatic carbocycles. The van der Waals surface area contributed by atoms with E-state index in [2.05, 4.69) is 5.32 Å². The Morgan fingerprint density at radius 1 is 0.929 bits per heavy atom. The van der Waals surface area contributed by atoms with Gasteiger partial charge in [0.1, 0.15) is 11.5 Å². The lowest BCUT2D eigenvalue weighted by atomic mass is 10.2. The molecule has 148 valence electrons. The standard InChI is InChI=1S/C21H25N3O4/c1-27-18-12-17(13-19(14-18)28-2)22-20(25)15-23-8-10-24(11-9-23)21(26)16-6-4-3-5-7-16/h3-7,12-14H,8-11,15H2,1-2H3,(H,22,25). The van der Waals surface area contributed by atoms with Crippen LogP contribution >= 0.6 is 0 Å². The molecule has 0 aromatic heterocycles. The van der Waals surface area contributed by atoms with Gasteiger partial charge in [-0.25, -0.2) is 0 Å². The Hall–Kier alpha value is -3.06. The van der Waals surface area contributed by atoms with Gasteiger partial charge in [0.25, 0.3) is 5.91 Å². The van der Waals surface area contributed by atoms with Crippen molar-refractivity contribution < 1.29 is 19.1 Å². The van der Waals surface area contributed by atoms with Gasteiger partial charge >= 0.3 is 0 Å². The van der Waals surface area contributed by atoms with Crippen LogP contribution in [0.3, 0.4) is 0 Å². The summed E-state index contributed by atoms with van der Waals surface area (Å²) in [4.78, 5) is 28.8. The topological polar surface area (TPSA) is 71.1 Å². The van der Waals surface area contributed by atoms with Gasteiger partial charge in [-0.2, -0.15) is 0 Å². The lowest BCUT2D eigenvalue weighted by Crippen LogP contribution is -2.50. The first-order valence-corrected chi connectivity index (χ1v) is 9.18. The first-order chi connectivity index (χ1) is 13.6. The van der Waals surface area contributed by atoms with Crippen LogP contribution < -0.4 is 14.8 Å². The lowest BCUT2D eigenvalue weighted by Gasteiger charge is -2.34. The Kier molecular flexibility index (Phi) is 6.49. The number of hydrogen-bond donors (Lipinski definition) is 1. The summed E-state index contributed by atoms with van der Waals surface area (Å²) in [6, 6.07) is 14.5. The third kappa shape index (κ3) is 5.01. The highest BCUT2D eigenvalue weighted by molar-refractivity contribution is 5.94. The van der Waals surface area contributed by atoms with Gasteiger partial charge in [0, 0.05) is 55.6 Å². The molecular formula is C21H25N3O4. The fourth-order valence-electron chi connectivity index (χ4n) is 3.16. The monoisotopic (exact) mass is 383 g/mol. The summed E-state index contributed by atoms with van der Waals surface area (Å²) >= 11 is 0. The minimum Gasteiger partial charge on any atom is -0.497 e. The molecule has 1 saturated heterocycles. The van der Waals surface area contributed by atoms with E-state index in [0.29, 0.717) is 48.9 Å². The average Bonchev–Trinajstić information content (AvgIpc) is 2.74. The second-order valence-electron chi connectivity index (χ2n) is 6.58. The lowest BCUT2D eigenvalue weighted by molar-refractivity contribution is -0.117. The van der Waals surface area contributed by atoms with Crippen LogP contribution in [-0.4, -0.2) is 68.6 Å². The molecule has 1 fully saturated rings. The molecule has 1 heterocycles. The molecule has 7 heteroatoms. The number of anilines is 1. The minimum atomic E-state index is -0.113. The SMILES string of the molecule is COc1cc(NC(=O)CN2CCN(C(=O)c3ccccc3)CC2)cc(OC)c1. The van der Waals surface area contributed by atoms with Crippen LogP contribution in [0.25, 0.3) is 0 Å². The number of nitrogens with one attached hydrogen (secondary N) is 1. The summed E-state index contributed by atoms with van der Waals surface area (Å²) in [5, 5.41) is 2.88. The summed E-state index contributed by atoms with van der Waals surface area (Å²) in [6.45, 7) is 2.80. The third-order valence-electron chi connectivity index (χ3n) is 4.68. The summed E-state index contributed by atoms with van der Waals surface area (Å²) in [5.41, 5.74) is 1.32. The fourth-order valence-corrected chi connectivity index (χ4v) is 3.16. The molecule has 0 aliphatic carbocycles. The van der Waals surface area contributed by atoms with Gasteiger partial charge in [0.15, 0.2) is 0 Å². The molecule has 2 aromatic rings. The Morgan fingerprint density at radius 3 is 2.11 bits per heavy atom. The fraction of sp³-hybridized carbons (Fsp3) is 0.333. The Bertz CT molecular complexity index is 795. The zero-order valence-corrected chi connectivity index (χ0v) is 16.2. The van der Waals surface area contributed by atoms with E-state index in [4.69, 9.17) is 9.47 Å². The number of hydrogen-bond acceptors (Lipinski definition) is 5. The number of rotatable bonds is 6. The molecule has 0 bridgehead atoms. The molecule has 0 atom stereocenters. The first-order valence-electron chi connectivity index (χ1n) is 9.18. The highest BCUT2D eigenvalue weighted by atomic mass is 16.5. The van der Waals surface area contributed by atoms with Crippen molar-refractivity contribution in [3.8, 4) is 11.5 Å². The highest BCUT2D eigenvalue weighted by Gasteiger charge is 2.23. The maximum absolute atomic E-state index is 12.5. The van der Waals surface area contributed by atoms with Crippen LogP contribution in [0.5, 0.6) is 11.5 Å². The number of piperazine rings is 1. The predicted octanol–water partition coefficient (Wildman–Crippen LogP) is 2.10. The largest absolute Gasteiger partial charge is 0.497 e. The van der Waals surface area contributed by atoms with Crippen molar-refractivity contribution in [1.29, 1.82) is 0 Å². The van der Waals surface area contributed by atoms with Gasteiger partial charge in [-0.3, -0.25) is 14.5 Å². The Balaban J connectivity index is 1.51. The van der Waals surface area contributed by atoms with Crippen molar-refractivity contribution in [2.24, 2.45) is 0 Å². The number of nitrogens with zero attached hydrogens (tertiary/aromatic N) is 2. The molecule has 0 radical (unpaired) electrons. The summed E-state index contributed by atoms with van der Waals surface area (Å²) in [7, 11) is 3.13. The zero-order valence-electron chi connectivity index (χ0n) is 16.2. The van der Waals surface area contributed by atoms with Gasteiger partial charge in [0.2, 0.25) is 5.91 Å². The van der Waals surface area contributed by atoms with E-state index in [0.717, 1.165) is 0 Å².